The van der Waals surface area contributed by atoms with Crippen molar-refractivity contribution in [2.75, 3.05) is 18.6 Å². The molecule has 0 amide bonds. The Morgan fingerprint density at radius 1 is 1.50 bits per heavy atom. The van der Waals surface area contributed by atoms with Crippen molar-refractivity contribution in [2.24, 2.45) is 7.05 Å². The molecule has 0 saturated heterocycles. The van der Waals surface area contributed by atoms with E-state index < -0.39 is 0 Å². The smallest absolute Gasteiger partial charge is 0.0762 e. The van der Waals surface area contributed by atoms with Crippen LogP contribution in [0.1, 0.15) is 18.5 Å². The van der Waals surface area contributed by atoms with Gasteiger partial charge in [0.2, 0.25) is 0 Å². The summed E-state index contributed by atoms with van der Waals surface area (Å²) in [4.78, 5) is 0. The zero-order valence-corrected chi connectivity index (χ0v) is 9.81. The van der Waals surface area contributed by atoms with Crippen LogP contribution >= 0.6 is 11.8 Å². The second-order valence-corrected chi connectivity index (χ2v) is 4.34. The second kappa shape index (κ2) is 6.90. The first kappa shape index (κ1) is 11.6. The number of thioether (sulfide) groups is 1. The van der Waals surface area contributed by atoms with E-state index in [0.29, 0.717) is 0 Å². The molecule has 1 aromatic heterocycles. The Labute approximate surface area is 90.3 Å². The first-order valence-corrected chi connectivity index (χ1v) is 6.40. The molecule has 14 heavy (non-hydrogen) atoms. The van der Waals surface area contributed by atoms with Crippen LogP contribution in [0.5, 0.6) is 0 Å². The highest BCUT2D eigenvalue weighted by atomic mass is 32.2. The highest BCUT2D eigenvalue weighted by Gasteiger charge is 1.95. The van der Waals surface area contributed by atoms with Crippen molar-refractivity contribution in [3.05, 3.63) is 18.0 Å². The van der Waals surface area contributed by atoms with Gasteiger partial charge < -0.3 is 5.32 Å². The standard InChI is InChI=1S/C10H19N3S/c1-13-7-5-10(12-13)9-11-6-3-4-8-14-2/h5,7,11H,3-4,6,8-9H2,1-2H3. The Balaban J connectivity index is 1.99. The topological polar surface area (TPSA) is 29.9 Å². The molecule has 0 unspecified atom stereocenters. The van der Waals surface area contributed by atoms with Gasteiger partial charge in [-0.2, -0.15) is 16.9 Å². The third-order valence-corrected chi connectivity index (χ3v) is 2.72. The number of aryl methyl sites for hydroxylation is 1. The van der Waals surface area contributed by atoms with Crippen molar-refractivity contribution < 1.29 is 0 Å². The highest BCUT2D eigenvalue weighted by molar-refractivity contribution is 7.98. The van der Waals surface area contributed by atoms with Crippen LogP contribution in [0, 0.1) is 0 Å². The lowest BCUT2D eigenvalue weighted by Crippen LogP contribution is -2.15. The van der Waals surface area contributed by atoms with Crippen LogP contribution in [-0.4, -0.2) is 28.3 Å². The quantitative estimate of drug-likeness (QED) is 0.699. The van der Waals surface area contributed by atoms with Gasteiger partial charge in [0.25, 0.3) is 0 Å². The molecular weight excluding hydrogens is 194 g/mol. The predicted octanol–water partition coefficient (Wildman–Crippen LogP) is 1.65. The average molecular weight is 213 g/mol. The molecule has 0 bridgehead atoms. The first-order valence-electron chi connectivity index (χ1n) is 5.01. The summed E-state index contributed by atoms with van der Waals surface area (Å²) in [6.45, 7) is 1.98. The van der Waals surface area contributed by atoms with Crippen LogP contribution in [0.25, 0.3) is 0 Å². The van der Waals surface area contributed by atoms with Gasteiger partial charge in [-0.05, 0) is 37.5 Å². The number of nitrogens with one attached hydrogen (secondary N) is 1. The summed E-state index contributed by atoms with van der Waals surface area (Å²) in [7, 11) is 1.95. The molecule has 1 N–H and O–H groups in total. The van der Waals surface area contributed by atoms with Crippen LogP contribution in [0.15, 0.2) is 12.3 Å². The van der Waals surface area contributed by atoms with Crippen molar-refractivity contribution in [3.8, 4) is 0 Å². The summed E-state index contributed by atoms with van der Waals surface area (Å²) in [6.07, 6.45) is 6.69. The van der Waals surface area contributed by atoms with Gasteiger partial charge in [0, 0.05) is 19.8 Å². The van der Waals surface area contributed by atoms with Gasteiger partial charge >= 0.3 is 0 Å². The molecule has 80 valence electrons. The molecule has 0 saturated carbocycles. The molecule has 0 aliphatic rings. The molecule has 0 aliphatic heterocycles. The number of nitrogens with zero attached hydrogens (tertiary/aromatic N) is 2. The third-order valence-electron chi connectivity index (χ3n) is 2.03. The van der Waals surface area contributed by atoms with Crippen molar-refractivity contribution in [1.82, 2.24) is 15.1 Å². The zero-order chi connectivity index (χ0) is 10.2. The van der Waals surface area contributed by atoms with E-state index in [9.17, 15) is 0 Å². The van der Waals surface area contributed by atoms with Gasteiger partial charge in [0.05, 0.1) is 5.69 Å². The molecule has 0 aromatic carbocycles. The summed E-state index contributed by atoms with van der Waals surface area (Å²) in [5, 5.41) is 7.68. The number of hydrogen-bond donors (Lipinski definition) is 1. The lowest BCUT2D eigenvalue weighted by Gasteiger charge is -2.01. The summed E-state index contributed by atoms with van der Waals surface area (Å²) >= 11 is 1.92. The molecule has 3 nitrogen and oxygen atoms in total. The molecule has 0 aliphatic carbocycles. The third kappa shape index (κ3) is 4.67. The average Bonchev–Trinajstić information content (AvgIpc) is 2.58. The highest BCUT2D eigenvalue weighted by Crippen LogP contribution is 1.98. The van der Waals surface area contributed by atoms with E-state index in [1.165, 1.54) is 18.6 Å². The van der Waals surface area contributed by atoms with Gasteiger partial charge in [-0.25, -0.2) is 0 Å². The van der Waals surface area contributed by atoms with Crippen LogP contribution in [0.2, 0.25) is 0 Å². The van der Waals surface area contributed by atoms with Gasteiger partial charge in [0.15, 0.2) is 0 Å². The van der Waals surface area contributed by atoms with Crippen molar-refractivity contribution in [3.63, 3.8) is 0 Å². The maximum atomic E-state index is 4.29. The minimum absolute atomic E-state index is 0.889. The molecule has 1 aromatic rings. The van der Waals surface area contributed by atoms with E-state index in [1.807, 2.05) is 29.7 Å². The monoisotopic (exact) mass is 213 g/mol. The van der Waals surface area contributed by atoms with Gasteiger partial charge in [-0.15, -0.1) is 0 Å². The number of rotatable bonds is 7. The van der Waals surface area contributed by atoms with Gasteiger partial charge in [-0.3, -0.25) is 4.68 Å². The van der Waals surface area contributed by atoms with E-state index in [0.717, 1.165) is 18.8 Å². The number of hydrogen-bond acceptors (Lipinski definition) is 3. The van der Waals surface area contributed by atoms with Crippen LogP contribution < -0.4 is 5.32 Å². The zero-order valence-electron chi connectivity index (χ0n) is 8.99. The van der Waals surface area contributed by atoms with Gasteiger partial charge in [0.1, 0.15) is 0 Å². The number of unbranched alkanes of at least 4 members (excludes halogenated alkanes) is 1. The van der Waals surface area contributed by atoms with Crippen LogP contribution in [-0.2, 0) is 13.6 Å². The second-order valence-electron chi connectivity index (χ2n) is 3.36. The fourth-order valence-electron chi connectivity index (χ4n) is 1.27. The molecule has 0 fully saturated rings. The van der Waals surface area contributed by atoms with E-state index in [-0.39, 0.29) is 0 Å². The summed E-state index contributed by atoms with van der Waals surface area (Å²) < 4.78 is 1.84. The fourth-order valence-corrected chi connectivity index (χ4v) is 1.76. The van der Waals surface area contributed by atoms with E-state index >= 15 is 0 Å². The van der Waals surface area contributed by atoms with E-state index in [2.05, 4.69) is 22.7 Å². The molecule has 0 spiro atoms. The van der Waals surface area contributed by atoms with E-state index in [4.69, 9.17) is 0 Å². The molecule has 0 radical (unpaired) electrons. The summed E-state index contributed by atoms with van der Waals surface area (Å²) in [6, 6.07) is 2.05. The molecule has 4 heteroatoms. The first-order chi connectivity index (χ1) is 6.83. The number of aromatic nitrogens is 2. The van der Waals surface area contributed by atoms with Crippen LogP contribution in [0.3, 0.4) is 0 Å². The lowest BCUT2D eigenvalue weighted by atomic mass is 10.3. The molecule has 0 atom stereocenters. The summed E-state index contributed by atoms with van der Waals surface area (Å²) in [5.74, 6) is 1.27. The van der Waals surface area contributed by atoms with Crippen molar-refractivity contribution in [2.45, 2.75) is 19.4 Å². The fraction of sp³-hybridized carbons (Fsp3) is 0.700. The Bertz CT molecular complexity index is 247. The molecule has 1 rings (SSSR count). The normalized spacial score (nSPS) is 10.7. The van der Waals surface area contributed by atoms with Gasteiger partial charge in [-0.1, -0.05) is 0 Å². The maximum absolute atomic E-state index is 4.29. The predicted molar refractivity (Wildman–Crippen MR) is 62.5 cm³/mol. The minimum atomic E-state index is 0.889. The SMILES string of the molecule is CSCCCCNCc1ccn(C)n1. The maximum Gasteiger partial charge on any atom is 0.0762 e. The Kier molecular flexibility index (Phi) is 5.71. The minimum Gasteiger partial charge on any atom is -0.311 e. The van der Waals surface area contributed by atoms with Crippen molar-refractivity contribution in [1.29, 1.82) is 0 Å². The largest absolute Gasteiger partial charge is 0.311 e. The Morgan fingerprint density at radius 3 is 3.00 bits per heavy atom. The Morgan fingerprint density at radius 2 is 2.36 bits per heavy atom. The summed E-state index contributed by atoms with van der Waals surface area (Å²) in [5.41, 5.74) is 1.12. The molecular formula is C10H19N3S. The van der Waals surface area contributed by atoms with E-state index in [1.54, 1.807) is 0 Å². The van der Waals surface area contributed by atoms with Crippen LogP contribution in [0.4, 0.5) is 0 Å². The lowest BCUT2D eigenvalue weighted by molar-refractivity contribution is 0.624. The van der Waals surface area contributed by atoms with Crippen molar-refractivity contribution >= 4 is 11.8 Å². The Hall–Kier alpha value is -0.480. The molecule has 1 heterocycles.